The lowest BCUT2D eigenvalue weighted by molar-refractivity contribution is -0.155. The van der Waals surface area contributed by atoms with Crippen molar-refractivity contribution in [3.8, 4) is 0 Å². The molecule has 1 saturated heterocycles. The molecule has 1 unspecified atom stereocenters. The molecule has 0 saturated carbocycles. The van der Waals surface area contributed by atoms with Crippen LogP contribution in [-0.4, -0.2) is 48.1 Å². The molecule has 1 fully saturated rings. The van der Waals surface area contributed by atoms with Crippen molar-refractivity contribution in [2.75, 3.05) is 19.8 Å². The molecule has 5 heteroatoms. The second-order valence-corrected chi connectivity index (χ2v) is 7.23. The van der Waals surface area contributed by atoms with Crippen LogP contribution >= 0.6 is 0 Å². The largest absolute Gasteiger partial charge is 0.379 e. The van der Waals surface area contributed by atoms with Gasteiger partial charge in [-0.1, -0.05) is 27.7 Å². The predicted octanol–water partition coefficient (Wildman–Crippen LogP) is 1.81. The Morgan fingerprint density at radius 3 is 2.33 bits per heavy atom. The maximum Gasteiger partial charge on any atom is 0.248 e. The van der Waals surface area contributed by atoms with E-state index in [1.165, 1.54) is 0 Å². The Labute approximate surface area is 128 Å². The minimum absolute atomic E-state index is 0.0269. The van der Waals surface area contributed by atoms with E-state index in [9.17, 15) is 9.59 Å². The van der Waals surface area contributed by atoms with Gasteiger partial charge in [-0.2, -0.15) is 0 Å². The normalized spacial score (nSPS) is 22.1. The fraction of sp³-hybridized carbons (Fsp3) is 0.875. The number of piperazine rings is 1. The quantitative estimate of drug-likeness (QED) is 0.729. The minimum Gasteiger partial charge on any atom is -0.379 e. The second-order valence-electron chi connectivity index (χ2n) is 7.23. The van der Waals surface area contributed by atoms with Crippen molar-refractivity contribution < 1.29 is 14.3 Å². The first-order valence-corrected chi connectivity index (χ1v) is 7.86. The number of nitrogens with one attached hydrogen (secondary N) is 1. The highest BCUT2D eigenvalue weighted by Gasteiger charge is 2.44. The smallest absolute Gasteiger partial charge is 0.248 e. The number of nitrogens with zero attached hydrogens (tertiary/aromatic N) is 1. The zero-order valence-electron chi connectivity index (χ0n) is 14.2. The van der Waals surface area contributed by atoms with Crippen molar-refractivity contribution in [2.24, 2.45) is 11.8 Å². The highest BCUT2D eigenvalue weighted by Crippen LogP contribution is 2.22. The monoisotopic (exact) mass is 298 g/mol. The maximum atomic E-state index is 12.6. The first-order chi connectivity index (χ1) is 9.65. The van der Waals surface area contributed by atoms with Crippen molar-refractivity contribution in [3.63, 3.8) is 0 Å². The predicted molar refractivity (Wildman–Crippen MR) is 82.8 cm³/mol. The van der Waals surface area contributed by atoms with Crippen LogP contribution in [0.2, 0.25) is 0 Å². The van der Waals surface area contributed by atoms with Crippen LogP contribution in [0.5, 0.6) is 0 Å². The molecule has 0 radical (unpaired) electrons. The van der Waals surface area contributed by atoms with Gasteiger partial charge in [0.2, 0.25) is 11.8 Å². The number of ether oxygens (including phenoxy) is 1. The summed E-state index contributed by atoms with van der Waals surface area (Å²) in [6.07, 6.45) is 0.678. The van der Waals surface area contributed by atoms with Gasteiger partial charge in [0.1, 0.15) is 11.6 Å². The van der Waals surface area contributed by atoms with Crippen LogP contribution in [0.3, 0.4) is 0 Å². The summed E-state index contributed by atoms with van der Waals surface area (Å²) in [5, 5.41) is 2.83. The first-order valence-electron chi connectivity index (χ1n) is 7.86. The zero-order valence-corrected chi connectivity index (χ0v) is 14.2. The van der Waals surface area contributed by atoms with E-state index < -0.39 is 5.54 Å². The minimum atomic E-state index is -0.831. The molecule has 122 valence electrons. The number of amides is 2. The van der Waals surface area contributed by atoms with Crippen LogP contribution in [-0.2, 0) is 14.3 Å². The third kappa shape index (κ3) is 4.99. The molecule has 1 atom stereocenters. The molecule has 0 aromatic rings. The van der Waals surface area contributed by atoms with Gasteiger partial charge < -0.3 is 15.0 Å². The zero-order chi connectivity index (χ0) is 16.2. The standard InChI is InChI=1S/C16H30N2O3/c1-11(2)9-13-14(19)17-16(5,6)15(20)18(13)7-8-21-10-12(3)4/h11-13H,7-10H2,1-6H3,(H,17,19). The molecule has 2 amide bonds. The summed E-state index contributed by atoms with van der Waals surface area (Å²) in [5.74, 6) is 0.736. The Hall–Kier alpha value is -1.10. The molecule has 0 aliphatic carbocycles. The second kappa shape index (κ2) is 7.25. The average Bonchev–Trinajstić information content (AvgIpc) is 2.33. The SMILES string of the molecule is CC(C)COCCN1C(=O)C(C)(C)NC(=O)C1CC(C)C. The number of hydrogen-bond donors (Lipinski definition) is 1. The number of carbonyl (C=O) groups is 2. The van der Waals surface area contributed by atoms with Gasteiger partial charge >= 0.3 is 0 Å². The van der Waals surface area contributed by atoms with E-state index in [4.69, 9.17) is 4.74 Å². The summed E-state index contributed by atoms with van der Waals surface area (Å²) < 4.78 is 5.58. The average molecular weight is 298 g/mol. The molecule has 1 rings (SSSR count). The van der Waals surface area contributed by atoms with Gasteiger partial charge in [0, 0.05) is 13.2 Å². The Balaban J connectivity index is 2.74. The van der Waals surface area contributed by atoms with Gasteiger partial charge in [0.15, 0.2) is 0 Å². The molecule has 5 nitrogen and oxygen atoms in total. The molecule has 1 aliphatic heterocycles. The van der Waals surface area contributed by atoms with Crippen LogP contribution in [0.25, 0.3) is 0 Å². The summed E-state index contributed by atoms with van der Waals surface area (Å²) in [6.45, 7) is 13.4. The Bertz CT molecular complexity index is 378. The molecular weight excluding hydrogens is 268 g/mol. The van der Waals surface area contributed by atoms with Gasteiger partial charge in [0.25, 0.3) is 0 Å². The number of rotatable bonds is 7. The lowest BCUT2D eigenvalue weighted by atomic mass is 9.92. The molecule has 1 heterocycles. The van der Waals surface area contributed by atoms with E-state index in [2.05, 4.69) is 33.0 Å². The van der Waals surface area contributed by atoms with Crippen LogP contribution in [0.15, 0.2) is 0 Å². The van der Waals surface area contributed by atoms with Crippen molar-refractivity contribution >= 4 is 11.8 Å². The Kier molecular flexibility index (Phi) is 6.20. The highest BCUT2D eigenvalue weighted by atomic mass is 16.5. The highest BCUT2D eigenvalue weighted by molar-refractivity contribution is 5.99. The van der Waals surface area contributed by atoms with Gasteiger partial charge in [-0.3, -0.25) is 9.59 Å². The van der Waals surface area contributed by atoms with Crippen molar-refractivity contribution in [1.29, 1.82) is 0 Å². The topological polar surface area (TPSA) is 58.6 Å². The van der Waals surface area contributed by atoms with Crippen molar-refractivity contribution in [3.05, 3.63) is 0 Å². The van der Waals surface area contributed by atoms with Gasteiger partial charge in [0.05, 0.1) is 6.61 Å². The van der Waals surface area contributed by atoms with Crippen molar-refractivity contribution in [1.82, 2.24) is 10.2 Å². The maximum absolute atomic E-state index is 12.6. The van der Waals surface area contributed by atoms with Crippen molar-refractivity contribution in [2.45, 2.75) is 59.5 Å². The Morgan fingerprint density at radius 1 is 1.19 bits per heavy atom. The van der Waals surface area contributed by atoms with Gasteiger partial charge in [-0.05, 0) is 32.1 Å². The van der Waals surface area contributed by atoms with Gasteiger partial charge in [-0.25, -0.2) is 0 Å². The van der Waals surface area contributed by atoms with Crippen LogP contribution in [0, 0.1) is 11.8 Å². The van der Waals surface area contributed by atoms with E-state index in [1.54, 1.807) is 18.7 Å². The molecule has 0 bridgehead atoms. The summed E-state index contributed by atoms with van der Waals surface area (Å²) >= 11 is 0. The molecule has 21 heavy (non-hydrogen) atoms. The Morgan fingerprint density at radius 2 is 1.81 bits per heavy atom. The fourth-order valence-electron chi connectivity index (χ4n) is 2.51. The number of carbonyl (C=O) groups excluding carboxylic acids is 2. The van der Waals surface area contributed by atoms with E-state index in [1.807, 2.05) is 0 Å². The van der Waals surface area contributed by atoms with E-state index in [0.29, 0.717) is 38.0 Å². The van der Waals surface area contributed by atoms with E-state index in [-0.39, 0.29) is 17.9 Å². The summed E-state index contributed by atoms with van der Waals surface area (Å²) in [7, 11) is 0. The third-order valence-corrected chi connectivity index (χ3v) is 3.53. The fourth-order valence-corrected chi connectivity index (χ4v) is 2.51. The lowest BCUT2D eigenvalue weighted by Gasteiger charge is -2.43. The molecule has 1 aliphatic rings. The summed E-state index contributed by atoms with van der Waals surface area (Å²) in [5.41, 5.74) is -0.831. The first kappa shape index (κ1) is 18.0. The number of hydrogen-bond acceptors (Lipinski definition) is 3. The van der Waals surface area contributed by atoms with E-state index in [0.717, 1.165) is 0 Å². The molecular formula is C16H30N2O3. The van der Waals surface area contributed by atoms with Crippen LogP contribution in [0.1, 0.15) is 48.0 Å². The summed E-state index contributed by atoms with van der Waals surface area (Å²) in [4.78, 5) is 26.6. The molecule has 0 aromatic carbocycles. The molecule has 0 aromatic heterocycles. The van der Waals surface area contributed by atoms with E-state index >= 15 is 0 Å². The van der Waals surface area contributed by atoms with Gasteiger partial charge in [-0.15, -0.1) is 0 Å². The summed E-state index contributed by atoms with van der Waals surface area (Å²) in [6, 6.07) is -0.381. The third-order valence-electron chi connectivity index (χ3n) is 3.53. The molecule has 1 N–H and O–H groups in total. The van der Waals surface area contributed by atoms with Crippen LogP contribution in [0.4, 0.5) is 0 Å². The lowest BCUT2D eigenvalue weighted by Crippen LogP contribution is -2.68. The van der Waals surface area contributed by atoms with Crippen LogP contribution < -0.4 is 5.32 Å². The molecule has 0 spiro atoms.